The van der Waals surface area contributed by atoms with Crippen molar-refractivity contribution in [2.24, 2.45) is 5.92 Å². The Balaban J connectivity index is 3.25. The van der Waals surface area contributed by atoms with Crippen molar-refractivity contribution in [3.8, 4) is 0 Å². The van der Waals surface area contributed by atoms with E-state index in [1.54, 1.807) is 16.7 Å². The monoisotopic (exact) mass is 329 g/mol. The molecule has 0 radical (unpaired) electrons. The third-order valence-corrected chi connectivity index (χ3v) is 29.4. The van der Waals surface area contributed by atoms with Gasteiger partial charge in [0.25, 0.3) is 0 Å². The van der Waals surface area contributed by atoms with Crippen LogP contribution in [0.3, 0.4) is 0 Å². The Hall–Kier alpha value is 0.371. The fourth-order valence-electron chi connectivity index (χ4n) is 3.80. The van der Waals surface area contributed by atoms with Crippen molar-refractivity contribution in [1.29, 1.82) is 0 Å². The summed E-state index contributed by atoms with van der Waals surface area (Å²) in [7, 11) is 0. The topological polar surface area (TPSA) is 12.0 Å². The van der Waals surface area contributed by atoms with E-state index >= 15 is 0 Å². The van der Waals surface area contributed by atoms with Crippen LogP contribution in [0.25, 0.3) is 0 Å². The van der Waals surface area contributed by atoms with E-state index in [0.717, 1.165) is 0 Å². The predicted molar refractivity (Wildman–Crippen MR) is 92.3 cm³/mol. The van der Waals surface area contributed by atoms with Gasteiger partial charge in [0.15, 0.2) is 0 Å². The summed E-state index contributed by atoms with van der Waals surface area (Å²) in [6.45, 7) is 21.6. The van der Waals surface area contributed by atoms with Crippen molar-refractivity contribution in [1.82, 2.24) is 3.80 Å². The molecule has 1 aliphatic rings. The van der Waals surface area contributed by atoms with E-state index in [0.29, 0.717) is 5.92 Å². The van der Waals surface area contributed by atoms with Crippen LogP contribution < -0.4 is 3.80 Å². The van der Waals surface area contributed by atoms with Crippen molar-refractivity contribution >= 4 is 5.94 Å². The zero-order valence-electron chi connectivity index (χ0n) is 15.6. The quantitative estimate of drug-likeness (QED) is 0.666. The number of rotatable bonds is 3. The molecule has 1 unspecified atom stereocenters. The van der Waals surface area contributed by atoms with Crippen LogP contribution in [0, 0.1) is 5.92 Å². The Morgan fingerprint density at radius 2 is 1.45 bits per heavy atom. The molecular formula is C17H35NSiTi. The summed E-state index contributed by atoms with van der Waals surface area (Å²) in [4.78, 5) is 0. The minimum absolute atomic E-state index is 0.238. The van der Waals surface area contributed by atoms with Gasteiger partial charge in [-0.15, -0.1) is 0 Å². The molecule has 0 aliphatic heterocycles. The molecular weight excluding hydrogens is 294 g/mol. The van der Waals surface area contributed by atoms with Gasteiger partial charge in [0.1, 0.15) is 0 Å². The van der Waals surface area contributed by atoms with Crippen LogP contribution in [0.15, 0.2) is 21.9 Å². The first kappa shape index (κ1) is 18.4. The van der Waals surface area contributed by atoms with E-state index in [1.807, 2.05) is 5.20 Å². The molecule has 0 aromatic heterocycles. The number of hydrogen-bond donors (Lipinski definition) is 1. The summed E-state index contributed by atoms with van der Waals surface area (Å²) in [5, 5.41) is 7.01. The van der Waals surface area contributed by atoms with Crippen LogP contribution in [-0.2, 0) is 16.1 Å². The molecule has 0 aromatic rings. The molecule has 0 bridgehead atoms. The molecule has 20 heavy (non-hydrogen) atoms. The van der Waals surface area contributed by atoms with Gasteiger partial charge in [-0.25, -0.2) is 0 Å². The van der Waals surface area contributed by atoms with Crippen molar-refractivity contribution in [3.63, 3.8) is 0 Å². The zero-order valence-corrected chi connectivity index (χ0v) is 18.1. The Labute approximate surface area is 131 Å². The third kappa shape index (κ3) is 3.24. The van der Waals surface area contributed by atoms with E-state index in [2.05, 4.69) is 75.8 Å². The van der Waals surface area contributed by atoms with Crippen molar-refractivity contribution in [3.05, 3.63) is 21.9 Å². The summed E-state index contributed by atoms with van der Waals surface area (Å²) in [5.74, 6) is -0.733. The average Bonchev–Trinajstić information content (AvgIpc) is 2.39. The summed E-state index contributed by atoms with van der Waals surface area (Å²) in [6.07, 6.45) is 0. The van der Waals surface area contributed by atoms with Crippen LogP contribution in [0.5, 0.6) is 0 Å². The van der Waals surface area contributed by atoms with Gasteiger partial charge in [-0.3, -0.25) is 0 Å². The summed E-state index contributed by atoms with van der Waals surface area (Å²) < 4.78 is 4.08. The summed E-state index contributed by atoms with van der Waals surface area (Å²) in [6, 6.07) is 0. The van der Waals surface area contributed by atoms with Crippen LogP contribution in [0.4, 0.5) is 0 Å². The van der Waals surface area contributed by atoms with Gasteiger partial charge in [-0.2, -0.15) is 0 Å². The van der Waals surface area contributed by atoms with Gasteiger partial charge in [0.05, 0.1) is 0 Å². The maximum atomic E-state index is 4.08. The summed E-state index contributed by atoms with van der Waals surface area (Å²) in [5.41, 5.74) is 5.01. The van der Waals surface area contributed by atoms with Crippen molar-refractivity contribution in [2.75, 3.05) is 0 Å². The molecule has 1 rings (SSSR count). The second-order valence-corrected chi connectivity index (χ2v) is 29.0. The number of nitrogens with one attached hydrogen (secondary N) is 1. The normalized spacial score (nSPS) is 22.1. The van der Waals surface area contributed by atoms with Crippen LogP contribution in [0.2, 0.25) is 23.6 Å². The second-order valence-electron chi connectivity index (χ2n) is 8.69. The molecule has 0 aromatic carbocycles. The number of hydrogen-bond acceptors (Lipinski definition) is 1. The van der Waals surface area contributed by atoms with Crippen molar-refractivity contribution in [2.45, 2.75) is 77.6 Å². The molecule has 0 amide bonds. The van der Waals surface area contributed by atoms with Crippen LogP contribution in [0.1, 0.15) is 48.5 Å². The predicted octanol–water partition coefficient (Wildman–Crippen LogP) is 5.59. The molecule has 0 saturated heterocycles. The SMILES string of the molecule is CC1=C(C)C(C)C([Si](C)(C)[Ti]([CH3])([CH3])[NH]C(C)(C)C)=C1C. The molecule has 116 valence electrons. The molecule has 0 spiro atoms. The molecule has 0 heterocycles. The third-order valence-electron chi connectivity index (χ3n) is 5.56. The molecule has 1 nitrogen and oxygen atoms in total. The van der Waals surface area contributed by atoms with Gasteiger partial charge in [0.2, 0.25) is 0 Å². The Bertz CT molecular complexity index is 464. The average molecular weight is 329 g/mol. The first-order chi connectivity index (χ1) is 8.72. The number of allylic oxidation sites excluding steroid dienone is 4. The van der Waals surface area contributed by atoms with Crippen LogP contribution >= 0.6 is 0 Å². The zero-order chi connectivity index (χ0) is 16.1. The maximum absolute atomic E-state index is 4.08. The first-order valence-corrected chi connectivity index (χ1v) is 17.2. The van der Waals surface area contributed by atoms with Gasteiger partial charge >= 0.3 is 131 Å². The molecule has 1 aliphatic carbocycles. The van der Waals surface area contributed by atoms with Gasteiger partial charge < -0.3 is 0 Å². The standard InChI is InChI=1S/C11H19Si.C4H10N.2CH3.Ti/c1-7-8(2)10(4)11(9(7)3)12(5)6;1-4(2,3)5;;;/h9H,1-6H3;5H,1-3H3;2*1H3;/q;-1;;;+1. The Morgan fingerprint density at radius 1 is 1.00 bits per heavy atom. The van der Waals surface area contributed by atoms with Gasteiger partial charge in [0, 0.05) is 0 Å². The van der Waals surface area contributed by atoms with Crippen molar-refractivity contribution < 1.29 is 16.1 Å². The van der Waals surface area contributed by atoms with E-state index in [9.17, 15) is 0 Å². The molecule has 0 fully saturated rings. The molecule has 1 N–H and O–H groups in total. The molecule has 1 atom stereocenters. The molecule has 3 heteroatoms. The Morgan fingerprint density at radius 3 is 1.75 bits per heavy atom. The van der Waals surface area contributed by atoms with E-state index in [4.69, 9.17) is 0 Å². The van der Waals surface area contributed by atoms with Gasteiger partial charge in [-0.05, 0) is 0 Å². The second kappa shape index (κ2) is 5.53. The fraction of sp³-hybridized carbons (Fsp3) is 0.765. The van der Waals surface area contributed by atoms with Gasteiger partial charge in [-0.1, -0.05) is 0 Å². The fourth-order valence-corrected chi connectivity index (χ4v) is 18.2. The molecule has 0 saturated carbocycles. The van der Waals surface area contributed by atoms with E-state index < -0.39 is 22.0 Å². The van der Waals surface area contributed by atoms with E-state index in [1.165, 1.54) is 0 Å². The summed E-state index contributed by atoms with van der Waals surface area (Å²) >= 11 is -2.05. The Kier molecular flexibility index (Phi) is 5.10. The van der Waals surface area contributed by atoms with E-state index in [-0.39, 0.29) is 5.54 Å². The first-order valence-electron chi connectivity index (χ1n) is 7.90. The van der Waals surface area contributed by atoms with Crippen LogP contribution in [-0.4, -0.2) is 11.5 Å². The minimum atomic E-state index is -2.05.